The zero-order valence-corrected chi connectivity index (χ0v) is 16.5. The van der Waals surface area contributed by atoms with Crippen molar-refractivity contribution < 1.29 is 23.2 Å². The molecule has 0 amide bonds. The number of nitrogens with zero attached hydrogens (tertiary/aromatic N) is 1. The van der Waals surface area contributed by atoms with Gasteiger partial charge in [0.25, 0.3) is 5.88 Å². The number of rotatable bonds is 6. The van der Waals surface area contributed by atoms with Crippen molar-refractivity contribution >= 4 is 16.9 Å². The van der Waals surface area contributed by atoms with E-state index in [1.807, 2.05) is 37.3 Å². The fourth-order valence-corrected chi connectivity index (χ4v) is 3.25. The summed E-state index contributed by atoms with van der Waals surface area (Å²) in [6.07, 6.45) is 0.462. The van der Waals surface area contributed by atoms with Gasteiger partial charge in [0.15, 0.2) is 0 Å². The van der Waals surface area contributed by atoms with Crippen molar-refractivity contribution in [3.8, 4) is 22.8 Å². The number of fused-ring (bicyclic) bond motifs is 1. The van der Waals surface area contributed by atoms with Gasteiger partial charge in [-0.05, 0) is 41.4 Å². The van der Waals surface area contributed by atoms with E-state index < -0.39 is 11.6 Å². The summed E-state index contributed by atoms with van der Waals surface area (Å²) in [5, 5.41) is 4.40. The molecule has 0 fully saturated rings. The molecule has 0 N–H and O–H groups in total. The van der Waals surface area contributed by atoms with Gasteiger partial charge in [-0.15, -0.1) is 0 Å². The maximum Gasteiger partial charge on any atom is 0.344 e. The minimum Gasteiger partial charge on any atom is -0.479 e. The van der Waals surface area contributed by atoms with Gasteiger partial charge in [-0.25, -0.2) is 4.79 Å². The summed E-state index contributed by atoms with van der Waals surface area (Å²) < 4.78 is 21.0. The minimum absolute atomic E-state index is 0.120. The molecule has 152 valence electrons. The molecule has 30 heavy (non-hydrogen) atoms. The van der Waals surface area contributed by atoms with Crippen LogP contribution >= 0.6 is 0 Å². The van der Waals surface area contributed by atoms with Crippen molar-refractivity contribution in [2.45, 2.75) is 19.8 Å². The number of ether oxygens (including phenoxy) is 2. The van der Waals surface area contributed by atoms with Crippen molar-refractivity contribution in [1.82, 2.24) is 5.16 Å². The third-order valence-electron chi connectivity index (χ3n) is 4.75. The summed E-state index contributed by atoms with van der Waals surface area (Å²) in [6, 6.07) is 15.9. The highest BCUT2D eigenvalue weighted by Crippen LogP contribution is 2.29. The second-order valence-corrected chi connectivity index (χ2v) is 6.72. The van der Waals surface area contributed by atoms with Gasteiger partial charge in [-0.1, -0.05) is 30.3 Å². The predicted molar refractivity (Wildman–Crippen MR) is 110 cm³/mol. The molecule has 0 unspecified atom stereocenters. The smallest absolute Gasteiger partial charge is 0.344 e. The lowest BCUT2D eigenvalue weighted by Gasteiger charge is -2.10. The molecule has 4 aromatic rings. The van der Waals surface area contributed by atoms with Crippen LogP contribution in [0, 0.1) is 6.92 Å². The van der Waals surface area contributed by atoms with Crippen molar-refractivity contribution in [3.63, 3.8) is 0 Å². The van der Waals surface area contributed by atoms with E-state index in [2.05, 4.69) is 5.16 Å². The van der Waals surface area contributed by atoms with E-state index in [4.69, 9.17) is 18.4 Å². The quantitative estimate of drug-likeness (QED) is 0.268. The van der Waals surface area contributed by atoms with Gasteiger partial charge in [0, 0.05) is 17.9 Å². The van der Waals surface area contributed by atoms with Crippen LogP contribution in [-0.4, -0.2) is 18.2 Å². The lowest BCUT2D eigenvalue weighted by atomic mass is 9.99. The molecular weight excluding hydrogens is 386 g/mol. The average molecular weight is 405 g/mol. The highest BCUT2D eigenvalue weighted by molar-refractivity contribution is 5.88. The lowest BCUT2D eigenvalue weighted by Crippen LogP contribution is -2.09. The Kier molecular flexibility index (Phi) is 5.34. The van der Waals surface area contributed by atoms with Crippen LogP contribution in [-0.2, 0) is 11.2 Å². The lowest BCUT2D eigenvalue weighted by molar-refractivity contribution is -0.134. The SMILES string of the molecule is COc1cc(CCC(=O)Oc2ccc3oc(=O)c(-c4ccccc4)c(C)c3c2)on1. The molecule has 0 bridgehead atoms. The zero-order chi connectivity index (χ0) is 21.1. The summed E-state index contributed by atoms with van der Waals surface area (Å²) in [7, 11) is 1.49. The molecule has 2 aromatic carbocycles. The van der Waals surface area contributed by atoms with Crippen LogP contribution in [0.1, 0.15) is 17.7 Å². The third kappa shape index (κ3) is 3.96. The number of carbonyl (C=O) groups is 1. The molecule has 0 aliphatic carbocycles. The molecule has 0 atom stereocenters. The first-order chi connectivity index (χ1) is 14.5. The highest BCUT2D eigenvalue weighted by Gasteiger charge is 2.15. The molecular formula is C23H19NO6. The summed E-state index contributed by atoms with van der Waals surface area (Å²) in [4.78, 5) is 24.7. The number of aryl methyl sites for hydroxylation is 2. The van der Waals surface area contributed by atoms with Crippen LogP contribution in [0.5, 0.6) is 11.6 Å². The minimum atomic E-state index is -0.414. The van der Waals surface area contributed by atoms with Crippen LogP contribution < -0.4 is 15.1 Å². The van der Waals surface area contributed by atoms with E-state index in [0.29, 0.717) is 40.3 Å². The van der Waals surface area contributed by atoms with E-state index >= 15 is 0 Å². The number of aromatic nitrogens is 1. The van der Waals surface area contributed by atoms with E-state index in [1.165, 1.54) is 7.11 Å². The standard InChI is InChI=1S/C23H19NO6/c1-14-18-12-16(28-21(25)11-9-17-13-20(27-2)24-30-17)8-10-19(18)29-23(26)22(14)15-6-4-3-5-7-15/h3-8,10,12-13H,9,11H2,1-2H3. The summed E-state index contributed by atoms with van der Waals surface area (Å²) in [5.74, 6) is 0.855. The van der Waals surface area contributed by atoms with Gasteiger partial charge in [-0.3, -0.25) is 4.79 Å². The molecule has 0 radical (unpaired) electrons. The van der Waals surface area contributed by atoms with Crippen molar-refractivity contribution in [1.29, 1.82) is 0 Å². The molecule has 2 aromatic heterocycles. The molecule has 4 rings (SSSR count). The molecule has 0 saturated heterocycles. The van der Waals surface area contributed by atoms with Gasteiger partial charge in [0.2, 0.25) is 0 Å². The Bertz CT molecular complexity index is 1260. The summed E-state index contributed by atoms with van der Waals surface area (Å²) >= 11 is 0. The monoisotopic (exact) mass is 405 g/mol. The normalized spacial score (nSPS) is 10.9. The Morgan fingerprint density at radius 2 is 1.90 bits per heavy atom. The van der Waals surface area contributed by atoms with E-state index in [-0.39, 0.29) is 6.42 Å². The van der Waals surface area contributed by atoms with Gasteiger partial charge >= 0.3 is 11.6 Å². The van der Waals surface area contributed by atoms with Crippen molar-refractivity contribution in [2.75, 3.05) is 7.11 Å². The van der Waals surface area contributed by atoms with Gasteiger partial charge in [0.05, 0.1) is 19.1 Å². The van der Waals surface area contributed by atoms with Crippen LogP contribution in [0.25, 0.3) is 22.1 Å². The number of carbonyl (C=O) groups excluding carboxylic acids is 1. The molecule has 7 heteroatoms. The Morgan fingerprint density at radius 3 is 2.63 bits per heavy atom. The topological polar surface area (TPSA) is 91.8 Å². The van der Waals surface area contributed by atoms with Crippen LogP contribution in [0.4, 0.5) is 0 Å². The summed E-state index contributed by atoms with van der Waals surface area (Å²) in [6.45, 7) is 1.85. The number of benzene rings is 2. The van der Waals surface area contributed by atoms with Crippen LogP contribution in [0.2, 0.25) is 0 Å². The van der Waals surface area contributed by atoms with Crippen molar-refractivity contribution in [2.24, 2.45) is 0 Å². The van der Waals surface area contributed by atoms with E-state index in [1.54, 1.807) is 24.3 Å². The molecule has 7 nitrogen and oxygen atoms in total. The fraction of sp³-hybridized carbons (Fsp3) is 0.174. The molecule has 0 spiro atoms. The maximum atomic E-state index is 12.5. The second-order valence-electron chi connectivity index (χ2n) is 6.72. The summed E-state index contributed by atoms with van der Waals surface area (Å²) in [5.41, 5.74) is 2.06. The van der Waals surface area contributed by atoms with Crippen LogP contribution in [0.3, 0.4) is 0 Å². The number of methoxy groups -OCH3 is 1. The van der Waals surface area contributed by atoms with Gasteiger partial charge in [-0.2, -0.15) is 0 Å². The third-order valence-corrected chi connectivity index (χ3v) is 4.75. The number of hydrogen-bond donors (Lipinski definition) is 0. The predicted octanol–water partition coefficient (Wildman–Crippen LogP) is 4.30. The highest BCUT2D eigenvalue weighted by atomic mass is 16.5. The Labute approximate surface area is 171 Å². The first-order valence-electron chi connectivity index (χ1n) is 9.38. The Balaban J connectivity index is 1.56. The van der Waals surface area contributed by atoms with E-state index in [0.717, 1.165) is 11.1 Å². The van der Waals surface area contributed by atoms with Crippen LogP contribution in [0.15, 0.2) is 68.3 Å². The Hall–Kier alpha value is -3.87. The molecule has 0 saturated carbocycles. The van der Waals surface area contributed by atoms with Gasteiger partial charge in [0.1, 0.15) is 17.1 Å². The molecule has 0 aliphatic heterocycles. The first kappa shape index (κ1) is 19.4. The first-order valence-corrected chi connectivity index (χ1v) is 9.38. The van der Waals surface area contributed by atoms with E-state index in [9.17, 15) is 9.59 Å². The maximum absolute atomic E-state index is 12.5. The second kappa shape index (κ2) is 8.24. The largest absolute Gasteiger partial charge is 0.479 e. The van der Waals surface area contributed by atoms with Crippen molar-refractivity contribution in [3.05, 3.63) is 76.3 Å². The Morgan fingerprint density at radius 1 is 1.10 bits per heavy atom. The average Bonchev–Trinajstić information content (AvgIpc) is 3.22. The molecule has 0 aliphatic rings. The fourth-order valence-electron chi connectivity index (χ4n) is 3.25. The number of hydrogen-bond acceptors (Lipinski definition) is 7. The van der Waals surface area contributed by atoms with Gasteiger partial charge < -0.3 is 18.4 Å². The zero-order valence-electron chi connectivity index (χ0n) is 16.5. The molecule has 2 heterocycles. The number of esters is 1.